The smallest absolute Gasteiger partial charge is 0.351 e. The molecule has 180 valence electrons. The van der Waals surface area contributed by atoms with E-state index >= 15 is 0 Å². The number of halogens is 1. The highest BCUT2D eigenvalue weighted by Crippen LogP contribution is 2.46. The summed E-state index contributed by atoms with van der Waals surface area (Å²) in [5.41, 5.74) is 7.17. The molecule has 3 aromatic rings. The van der Waals surface area contributed by atoms with Crippen molar-refractivity contribution in [3.05, 3.63) is 69.5 Å². The van der Waals surface area contributed by atoms with Gasteiger partial charge in [0.05, 0.1) is 28.0 Å². The summed E-state index contributed by atoms with van der Waals surface area (Å²) in [5.74, 6) is -1.04. The summed E-state index contributed by atoms with van der Waals surface area (Å²) in [6.45, 7) is 1.51. The zero-order chi connectivity index (χ0) is 24.9. The van der Waals surface area contributed by atoms with Crippen molar-refractivity contribution >= 4 is 49.0 Å². The van der Waals surface area contributed by atoms with Gasteiger partial charge in [0.15, 0.2) is 27.1 Å². The predicted molar refractivity (Wildman–Crippen MR) is 131 cm³/mol. The lowest BCUT2D eigenvalue weighted by Crippen LogP contribution is -2.21. The second-order valence-corrected chi connectivity index (χ2v) is 10.8. The van der Waals surface area contributed by atoms with Gasteiger partial charge >= 0.3 is 11.9 Å². The second kappa shape index (κ2) is 11.1. The number of sulfone groups is 1. The van der Waals surface area contributed by atoms with E-state index in [-0.39, 0.29) is 28.7 Å². The van der Waals surface area contributed by atoms with Crippen molar-refractivity contribution in [2.45, 2.75) is 17.2 Å². The number of thiophene rings is 1. The van der Waals surface area contributed by atoms with Crippen LogP contribution in [0.2, 0.25) is 0 Å². The SMILES string of the molecule is CCOC(=O)COc1c(C(=O)OC)sc(-c2ccc(C(N)S(=O)(=O)c3ccccc3)cc2)c1Br. The number of methoxy groups -OCH3 is 1. The van der Waals surface area contributed by atoms with E-state index in [0.29, 0.717) is 20.5 Å². The van der Waals surface area contributed by atoms with E-state index in [9.17, 15) is 18.0 Å². The van der Waals surface area contributed by atoms with Crippen LogP contribution in [-0.4, -0.2) is 40.7 Å². The standard InChI is InChI=1S/C23H22BrNO7S2/c1-3-31-17(26)13-32-19-18(24)20(33-21(19)23(27)30-2)14-9-11-15(12-10-14)22(25)34(28,29)16-7-5-4-6-8-16/h4-12,22H,3,13,25H2,1-2H3. The molecule has 0 radical (unpaired) electrons. The van der Waals surface area contributed by atoms with Crippen molar-refractivity contribution < 1.29 is 32.2 Å². The second-order valence-electron chi connectivity index (χ2n) is 6.89. The first-order valence-corrected chi connectivity index (χ1v) is 13.2. The molecular weight excluding hydrogens is 546 g/mol. The van der Waals surface area contributed by atoms with Gasteiger partial charge in [-0.1, -0.05) is 42.5 Å². The quantitative estimate of drug-likeness (QED) is 0.379. The normalized spacial score (nSPS) is 12.1. The molecule has 34 heavy (non-hydrogen) atoms. The number of rotatable bonds is 9. The van der Waals surface area contributed by atoms with E-state index in [1.807, 2.05) is 0 Å². The van der Waals surface area contributed by atoms with Gasteiger partial charge in [-0.25, -0.2) is 18.0 Å². The van der Waals surface area contributed by atoms with Crippen LogP contribution in [0, 0.1) is 0 Å². The van der Waals surface area contributed by atoms with Crippen molar-refractivity contribution in [1.82, 2.24) is 0 Å². The molecule has 2 aromatic carbocycles. The van der Waals surface area contributed by atoms with Crippen molar-refractivity contribution in [2.24, 2.45) is 5.73 Å². The summed E-state index contributed by atoms with van der Waals surface area (Å²) in [7, 11) is -2.52. The maximum atomic E-state index is 12.8. The number of esters is 2. The summed E-state index contributed by atoms with van der Waals surface area (Å²) in [6.07, 6.45) is 0. The molecule has 1 unspecified atom stereocenters. The third kappa shape index (κ3) is 5.49. The van der Waals surface area contributed by atoms with Gasteiger partial charge < -0.3 is 19.9 Å². The molecule has 1 aromatic heterocycles. The Hall–Kier alpha value is -2.73. The lowest BCUT2D eigenvalue weighted by molar-refractivity contribution is -0.145. The average molecular weight is 568 g/mol. The molecule has 0 aliphatic heterocycles. The van der Waals surface area contributed by atoms with Crippen LogP contribution in [0.5, 0.6) is 5.75 Å². The molecule has 0 aliphatic rings. The summed E-state index contributed by atoms with van der Waals surface area (Å²) >= 11 is 4.55. The number of hydrogen-bond acceptors (Lipinski definition) is 9. The molecule has 3 rings (SSSR count). The van der Waals surface area contributed by atoms with E-state index in [1.54, 1.807) is 49.4 Å². The Morgan fingerprint density at radius 1 is 1.09 bits per heavy atom. The molecule has 8 nitrogen and oxygen atoms in total. The van der Waals surface area contributed by atoms with Crippen LogP contribution in [0.1, 0.15) is 27.5 Å². The molecule has 0 fully saturated rings. The molecule has 1 heterocycles. The number of nitrogens with two attached hydrogens (primary N) is 1. The van der Waals surface area contributed by atoms with E-state index in [0.717, 1.165) is 11.3 Å². The van der Waals surface area contributed by atoms with Crippen LogP contribution < -0.4 is 10.5 Å². The minimum absolute atomic E-state index is 0.138. The minimum Gasteiger partial charge on any atom is -0.479 e. The van der Waals surface area contributed by atoms with Gasteiger partial charge in [-0.2, -0.15) is 0 Å². The van der Waals surface area contributed by atoms with Gasteiger partial charge in [0, 0.05) is 0 Å². The Balaban J connectivity index is 1.91. The Labute approximate surface area is 209 Å². The highest BCUT2D eigenvalue weighted by molar-refractivity contribution is 9.10. The van der Waals surface area contributed by atoms with Crippen LogP contribution in [0.15, 0.2) is 64.0 Å². The Bertz CT molecular complexity index is 1270. The summed E-state index contributed by atoms with van der Waals surface area (Å²) in [5, 5.41) is -1.25. The van der Waals surface area contributed by atoms with Crippen LogP contribution in [0.25, 0.3) is 10.4 Å². The van der Waals surface area contributed by atoms with Gasteiger partial charge in [0.25, 0.3) is 0 Å². The first kappa shape index (κ1) is 25.9. The molecule has 0 saturated carbocycles. The topological polar surface area (TPSA) is 122 Å². The average Bonchev–Trinajstić information content (AvgIpc) is 3.18. The van der Waals surface area contributed by atoms with Crippen LogP contribution >= 0.6 is 27.3 Å². The number of benzene rings is 2. The fourth-order valence-corrected chi connectivity index (χ4v) is 6.35. The highest BCUT2D eigenvalue weighted by Gasteiger charge is 2.27. The first-order valence-electron chi connectivity index (χ1n) is 10.0. The van der Waals surface area contributed by atoms with Gasteiger partial charge in [-0.05, 0) is 46.1 Å². The minimum atomic E-state index is -3.77. The maximum Gasteiger partial charge on any atom is 0.351 e. The Morgan fingerprint density at radius 3 is 2.32 bits per heavy atom. The fraction of sp³-hybridized carbons (Fsp3) is 0.217. The lowest BCUT2D eigenvalue weighted by Gasteiger charge is -2.14. The molecule has 0 amide bonds. The van der Waals surface area contributed by atoms with Crippen LogP contribution in [0.3, 0.4) is 0 Å². The van der Waals surface area contributed by atoms with Gasteiger partial charge in [-0.15, -0.1) is 11.3 Å². The monoisotopic (exact) mass is 567 g/mol. The molecule has 11 heteroatoms. The van der Waals surface area contributed by atoms with E-state index < -0.39 is 27.1 Å². The number of carbonyl (C=O) groups excluding carboxylic acids is 2. The lowest BCUT2D eigenvalue weighted by atomic mass is 10.1. The van der Waals surface area contributed by atoms with Gasteiger partial charge in [0.1, 0.15) is 5.37 Å². The van der Waals surface area contributed by atoms with E-state index in [2.05, 4.69) is 15.9 Å². The predicted octanol–water partition coefficient (Wildman–Crippen LogP) is 4.34. The van der Waals surface area contributed by atoms with Crippen molar-refractivity contribution in [3.8, 4) is 16.2 Å². The number of hydrogen-bond donors (Lipinski definition) is 1. The molecule has 0 saturated heterocycles. The first-order chi connectivity index (χ1) is 16.2. The largest absolute Gasteiger partial charge is 0.479 e. The molecule has 0 aliphatic carbocycles. The Morgan fingerprint density at radius 2 is 1.74 bits per heavy atom. The third-order valence-electron chi connectivity index (χ3n) is 4.73. The summed E-state index contributed by atoms with van der Waals surface area (Å²) in [6, 6.07) is 14.6. The van der Waals surface area contributed by atoms with Crippen molar-refractivity contribution in [3.63, 3.8) is 0 Å². The maximum absolute atomic E-state index is 12.8. The zero-order valence-electron chi connectivity index (χ0n) is 18.3. The van der Waals surface area contributed by atoms with Crippen molar-refractivity contribution in [2.75, 3.05) is 20.3 Å². The van der Waals surface area contributed by atoms with Crippen LogP contribution in [0.4, 0.5) is 0 Å². The molecular formula is C23H22BrNO7S2. The number of carbonyl (C=O) groups is 2. The van der Waals surface area contributed by atoms with Crippen molar-refractivity contribution in [1.29, 1.82) is 0 Å². The molecule has 2 N–H and O–H groups in total. The van der Waals surface area contributed by atoms with Crippen LogP contribution in [-0.2, 0) is 24.1 Å². The third-order valence-corrected chi connectivity index (χ3v) is 8.82. The summed E-state index contributed by atoms with van der Waals surface area (Å²) in [4.78, 5) is 24.9. The molecule has 0 bridgehead atoms. The molecule has 1 atom stereocenters. The Kier molecular flexibility index (Phi) is 8.47. The van der Waals surface area contributed by atoms with Gasteiger partial charge in [0.2, 0.25) is 0 Å². The van der Waals surface area contributed by atoms with E-state index in [4.69, 9.17) is 19.9 Å². The van der Waals surface area contributed by atoms with E-state index in [1.165, 1.54) is 19.2 Å². The number of ether oxygens (including phenoxy) is 3. The summed E-state index contributed by atoms with van der Waals surface area (Å²) < 4.78 is 41.4. The highest BCUT2D eigenvalue weighted by atomic mass is 79.9. The van der Waals surface area contributed by atoms with Gasteiger partial charge in [-0.3, -0.25) is 0 Å². The molecule has 0 spiro atoms. The fourth-order valence-electron chi connectivity index (χ4n) is 3.03. The zero-order valence-corrected chi connectivity index (χ0v) is 21.5.